The number of hydrogen-bond acceptors (Lipinski definition) is 5. The SMILES string of the molecule is CCC[C@H](c1nnnn1C(C)(C)CC)[NH+](CCO)Cc1cc2ccc(C)cc2[nH]c1=O. The van der Waals surface area contributed by atoms with E-state index in [0.29, 0.717) is 18.7 Å². The third-order valence-electron chi connectivity index (χ3n) is 6.24. The van der Waals surface area contributed by atoms with Gasteiger partial charge in [-0.3, -0.25) is 4.79 Å². The molecule has 0 saturated heterocycles. The first-order chi connectivity index (χ1) is 14.8. The molecular weight excluding hydrogens is 392 g/mol. The summed E-state index contributed by atoms with van der Waals surface area (Å²) < 4.78 is 1.91. The number of tetrazole rings is 1. The van der Waals surface area contributed by atoms with E-state index in [-0.39, 0.29) is 23.7 Å². The molecule has 0 saturated carbocycles. The maximum atomic E-state index is 12.8. The van der Waals surface area contributed by atoms with E-state index in [4.69, 9.17) is 0 Å². The first-order valence-electron chi connectivity index (χ1n) is 11.2. The topological polar surface area (TPSA) is 101 Å². The zero-order valence-corrected chi connectivity index (χ0v) is 19.3. The van der Waals surface area contributed by atoms with Crippen molar-refractivity contribution in [3.05, 3.63) is 51.6 Å². The number of rotatable bonds is 10. The lowest BCUT2D eigenvalue weighted by Crippen LogP contribution is -3.11. The quantitative estimate of drug-likeness (QED) is 0.459. The maximum absolute atomic E-state index is 12.8. The fourth-order valence-corrected chi connectivity index (χ4v) is 4.06. The molecule has 0 amide bonds. The molecular formula is C23H35N6O2+. The fraction of sp³-hybridized carbons (Fsp3) is 0.565. The average molecular weight is 428 g/mol. The summed E-state index contributed by atoms with van der Waals surface area (Å²) in [4.78, 5) is 17.0. The van der Waals surface area contributed by atoms with E-state index >= 15 is 0 Å². The molecule has 1 aromatic carbocycles. The van der Waals surface area contributed by atoms with Gasteiger partial charge < -0.3 is 15.0 Å². The van der Waals surface area contributed by atoms with Crippen molar-refractivity contribution in [2.75, 3.05) is 13.2 Å². The van der Waals surface area contributed by atoms with Crippen LogP contribution in [0, 0.1) is 6.92 Å². The van der Waals surface area contributed by atoms with Crippen LogP contribution in [-0.4, -0.2) is 43.4 Å². The zero-order valence-electron chi connectivity index (χ0n) is 19.3. The highest BCUT2D eigenvalue weighted by molar-refractivity contribution is 5.79. The molecule has 2 heterocycles. The molecule has 0 aliphatic carbocycles. The Hall–Kier alpha value is -2.58. The molecule has 3 N–H and O–H groups in total. The van der Waals surface area contributed by atoms with Crippen molar-refractivity contribution in [3.63, 3.8) is 0 Å². The van der Waals surface area contributed by atoms with Crippen LogP contribution in [-0.2, 0) is 12.1 Å². The number of quaternary nitrogens is 1. The molecule has 3 rings (SSSR count). The number of aryl methyl sites for hydroxylation is 1. The Morgan fingerprint density at radius 2 is 2.03 bits per heavy atom. The molecule has 0 spiro atoms. The summed E-state index contributed by atoms with van der Waals surface area (Å²) in [6.45, 7) is 11.5. The standard InChI is InChI=1S/C23H34N6O2/c1-6-8-20(21-25-26-27-29(21)23(4,5)7-2)28(11-12-30)15-18-14-17-10-9-16(3)13-19(17)24-22(18)31/h9-10,13-14,20,30H,6-8,11-12,15H2,1-5H3,(H,24,31)/p+1/t20-/m1/s1. The van der Waals surface area contributed by atoms with Crippen molar-refractivity contribution in [1.82, 2.24) is 25.2 Å². The molecule has 1 unspecified atom stereocenters. The highest BCUT2D eigenvalue weighted by atomic mass is 16.3. The second-order valence-corrected chi connectivity index (χ2v) is 8.98. The Bertz CT molecular complexity index is 1070. The third-order valence-corrected chi connectivity index (χ3v) is 6.24. The van der Waals surface area contributed by atoms with E-state index in [1.807, 2.05) is 35.9 Å². The predicted octanol–water partition coefficient (Wildman–Crippen LogP) is 1.89. The van der Waals surface area contributed by atoms with E-state index in [1.54, 1.807) is 0 Å². The average Bonchev–Trinajstić information content (AvgIpc) is 3.23. The normalized spacial score (nSPS) is 14.1. The van der Waals surface area contributed by atoms with Crippen LogP contribution in [0.4, 0.5) is 0 Å². The van der Waals surface area contributed by atoms with Gasteiger partial charge in [-0.05, 0) is 60.7 Å². The van der Waals surface area contributed by atoms with Gasteiger partial charge in [0.1, 0.15) is 19.1 Å². The van der Waals surface area contributed by atoms with Crippen molar-refractivity contribution >= 4 is 10.9 Å². The van der Waals surface area contributed by atoms with Crippen LogP contribution in [0.3, 0.4) is 0 Å². The molecule has 8 nitrogen and oxygen atoms in total. The van der Waals surface area contributed by atoms with Crippen LogP contribution in [0.1, 0.15) is 70.0 Å². The largest absolute Gasteiger partial charge is 0.391 e. The number of nitrogens with zero attached hydrogens (tertiary/aromatic N) is 4. The number of pyridine rings is 1. The maximum Gasteiger partial charge on any atom is 0.257 e. The monoisotopic (exact) mass is 427 g/mol. The van der Waals surface area contributed by atoms with Gasteiger partial charge in [-0.15, -0.1) is 5.10 Å². The predicted molar refractivity (Wildman–Crippen MR) is 121 cm³/mol. The highest BCUT2D eigenvalue weighted by Crippen LogP contribution is 2.23. The van der Waals surface area contributed by atoms with Gasteiger partial charge in [-0.25, -0.2) is 4.68 Å². The van der Waals surface area contributed by atoms with Crippen LogP contribution >= 0.6 is 0 Å². The van der Waals surface area contributed by atoms with Gasteiger partial charge >= 0.3 is 0 Å². The number of nitrogens with one attached hydrogen (secondary N) is 2. The van der Waals surface area contributed by atoms with E-state index < -0.39 is 0 Å². The summed E-state index contributed by atoms with van der Waals surface area (Å²) in [5.41, 5.74) is 2.35. The molecule has 168 valence electrons. The number of H-pyrrole nitrogens is 1. The van der Waals surface area contributed by atoms with Crippen LogP contribution in [0.25, 0.3) is 10.9 Å². The number of hydrogen-bond donors (Lipinski definition) is 3. The van der Waals surface area contributed by atoms with Crippen molar-refractivity contribution in [2.24, 2.45) is 0 Å². The lowest BCUT2D eigenvalue weighted by atomic mass is 10.0. The van der Waals surface area contributed by atoms with Crippen molar-refractivity contribution in [3.8, 4) is 0 Å². The van der Waals surface area contributed by atoms with E-state index in [2.05, 4.69) is 48.2 Å². The van der Waals surface area contributed by atoms with Gasteiger partial charge in [0.05, 0.1) is 17.7 Å². The summed E-state index contributed by atoms with van der Waals surface area (Å²) in [5, 5.41) is 23.5. The van der Waals surface area contributed by atoms with Crippen LogP contribution in [0.5, 0.6) is 0 Å². The molecule has 0 aliphatic heterocycles. The van der Waals surface area contributed by atoms with Crippen LogP contribution < -0.4 is 10.5 Å². The van der Waals surface area contributed by atoms with Crippen molar-refractivity contribution < 1.29 is 10.0 Å². The van der Waals surface area contributed by atoms with Crippen molar-refractivity contribution in [1.29, 1.82) is 0 Å². The fourth-order valence-electron chi connectivity index (χ4n) is 4.06. The summed E-state index contributed by atoms with van der Waals surface area (Å²) in [7, 11) is 0. The highest BCUT2D eigenvalue weighted by Gasteiger charge is 2.33. The second kappa shape index (κ2) is 9.70. The van der Waals surface area contributed by atoms with Crippen LogP contribution in [0.15, 0.2) is 29.1 Å². The third kappa shape index (κ3) is 5.02. The van der Waals surface area contributed by atoms with Crippen molar-refractivity contribution in [2.45, 2.75) is 72.0 Å². The number of aliphatic hydroxyl groups excluding tert-OH is 1. The number of fused-ring (bicyclic) bond motifs is 1. The minimum absolute atomic E-state index is 0.0221. The molecule has 0 fully saturated rings. The number of aromatic nitrogens is 5. The molecule has 2 aromatic heterocycles. The summed E-state index contributed by atoms with van der Waals surface area (Å²) in [6.07, 6.45) is 2.70. The Morgan fingerprint density at radius 1 is 1.26 bits per heavy atom. The van der Waals surface area contributed by atoms with Gasteiger partial charge in [0, 0.05) is 11.9 Å². The minimum atomic E-state index is -0.215. The molecule has 31 heavy (non-hydrogen) atoms. The first-order valence-corrected chi connectivity index (χ1v) is 11.2. The molecule has 3 aromatic rings. The van der Waals surface area contributed by atoms with Gasteiger partial charge in [0.25, 0.3) is 5.56 Å². The Labute approximate surface area is 183 Å². The van der Waals surface area contributed by atoms with E-state index in [9.17, 15) is 9.90 Å². The van der Waals surface area contributed by atoms with Gasteiger partial charge in [0.15, 0.2) is 0 Å². The molecule has 0 bridgehead atoms. The molecule has 2 atom stereocenters. The molecule has 8 heteroatoms. The second-order valence-electron chi connectivity index (χ2n) is 8.98. The Balaban J connectivity index is 2.01. The first kappa shape index (κ1) is 23.1. The zero-order chi connectivity index (χ0) is 22.6. The lowest BCUT2D eigenvalue weighted by Gasteiger charge is -2.30. The summed E-state index contributed by atoms with van der Waals surface area (Å²) >= 11 is 0. The number of aromatic amines is 1. The van der Waals surface area contributed by atoms with Gasteiger partial charge in [-0.1, -0.05) is 32.4 Å². The Kier molecular flexibility index (Phi) is 7.23. The van der Waals surface area contributed by atoms with E-state index in [0.717, 1.165) is 46.5 Å². The van der Waals surface area contributed by atoms with Crippen LogP contribution in [0.2, 0.25) is 0 Å². The summed E-state index contributed by atoms with van der Waals surface area (Å²) in [6, 6.07) is 8.01. The number of aliphatic hydroxyl groups is 1. The smallest absolute Gasteiger partial charge is 0.257 e. The van der Waals surface area contributed by atoms with Gasteiger partial charge in [-0.2, -0.15) is 0 Å². The molecule has 0 aliphatic rings. The Morgan fingerprint density at radius 3 is 2.71 bits per heavy atom. The number of benzene rings is 1. The molecule has 0 radical (unpaired) electrons. The van der Waals surface area contributed by atoms with Gasteiger partial charge in [0.2, 0.25) is 5.82 Å². The minimum Gasteiger partial charge on any atom is -0.391 e. The van der Waals surface area contributed by atoms with E-state index in [1.165, 1.54) is 0 Å². The summed E-state index contributed by atoms with van der Waals surface area (Å²) in [5.74, 6) is 0.810. The lowest BCUT2D eigenvalue weighted by molar-refractivity contribution is -0.946.